The molecule has 0 heterocycles. The second-order valence-electron chi connectivity index (χ2n) is 6.56. The number of methoxy groups -OCH3 is 1. The van der Waals surface area contributed by atoms with Crippen LogP contribution in [-0.4, -0.2) is 44.7 Å². The number of esters is 1. The van der Waals surface area contributed by atoms with Crippen molar-refractivity contribution in [3.05, 3.63) is 59.7 Å². The molecule has 160 valence electrons. The van der Waals surface area contributed by atoms with Crippen LogP contribution in [0.15, 0.2) is 48.5 Å². The molecule has 0 aromatic heterocycles. The lowest BCUT2D eigenvalue weighted by molar-refractivity contribution is -0.140. The highest BCUT2D eigenvalue weighted by molar-refractivity contribution is 5.95. The zero-order valence-electron chi connectivity index (χ0n) is 17.2. The van der Waals surface area contributed by atoms with Crippen molar-refractivity contribution < 1.29 is 23.9 Å². The fourth-order valence-electron chi connectivity index (χ4n) is 2.53. The first kappa shape index (κ1) is 22.7. The summed E-state index contributed by atoms with van der Waals surface area (Å²) < 4.78 is 10.1. The number of rotatable bonds is 10. The molecule has 0 saturated heterocycles. The molecule has 0 saturated carbocycles. The summed E-state index contributed by atoms with van der Waals surface area (Å²) in [5, 5.41) is 8.09. The van der Waals surface area contributed by atoms with E-state index in [0.29, 0.717) is 30.8 Å². The highest BCUT2D eigenvalue weighted by atomic mass is 16.5. The van der Waals surface area contributed by atoms with Crippen LogP contribution in [0.1, 0.15) is 28.8 Å². The van der Waals surface area contributed by atoms with E-state index >= 15 is 0 Å². The maximum Gasteiger partial charge on any atom is 0.319 e. The number of carbonyl (C=O) groups is 3. The standard InChI is InChI=1S/C22H27N3O5/c1-16-5-3-6-19(15-16)30-14-4-12-24-22(28)25-18-9-7-17(8-10-18)21(27)23-13-11-20(26)29-2/h3,5-10,15H,4,11-14H2,1-2H3,(H,23,27)(H2,24,25,28). The Morgan fingerprint density at radius 3 is 2.43 bits per heavy atom. The Morgan fingerprint density at radius 1 is 0.967 bits per heavy atom. The van der Waals surface area contributed by atoms with Crippen molar-refractivity contribution >= 4 is 23.6 Å². The van der Waals surface area contributed by atoms with Crippen molar-refractivity contribution in [1.82, 2.24) is 10.6 Å². The maximum absolute atomic E-state index is 12.0. The smallest absolute Gasteiger partial charge is 0.319 e. The molecule has 8 heteroatoms. The zero-order valence-corrected chi connectivity index (χ0v) is 17.2. The van der Waals surface area contributed by atoms with Crippen molar-refractivity contribution in [2.75, 3.05) is 32.1 Å². The number of nitrogens with one attached hydrogen (secondary N) is 3. The van der Waals surface area contributed by atoms with Crippen LogP contribution < -0.4 is 20.7 Å². The lowest BCUT2D eigenvalue weighted by Crippen LogP contribution is -2.30. The number of hydrogen-bond donors (Lipinski definition) is 3. The van der Waals surface area contributed by atoms with Gasteiger partial charge < -0.3 is 25.4 Å². The highest BCUT2D eigenvalue weighted by Crippen LogP contribution is 2.12. The number of anilines is 1. The second kappa shape index (κ2) is 12.1. The first-order valence-electron chi connectivity index (χ1n) is 9.67. The zero-order chi connectivity index (χ0) is 21.8. The molecule has 0 radical (unpaired) electrons. The molecule has 3 amide bonds. The Kier molecular flexibility index (Phi) is 9.18. The molecule has 0 bridgehead atoms. The number of carbonyl (C=O) groups excluding carboxylic acids is 3. The molecular weight excluding hydrogens is 386 g/mol. The summed E-state index contributed by atoms with van der Waals surface area (Å²) in [4.78, 5) is 35.0. The van der Waals surface area contributed by atoms with Gasteiger partial charge in [-0.05, 0) is 55.3 Å². The third-order valence-electron chi connectivity index (χ3n) is 4.11. The molecule has 0 aliphatic carbocycles. The Morgan fingerprint density at radius 2 is 1.73 bits per heavy atom. The van der Waals surface area contributed by atoms with Crippen molar-refractivity contribution in [3.63, 3.8) is 0 Å². The van der Waals surface area contributed by atoms with Crippen LogP contribution in [0.5, 0.6) is 5.75 Å². The summed E-state index contributed by atoms with van der Waals surface area (Å²) in [7, 11) is 1.30. The maximum atomic E-state index is 12.0. The van der Waals surface area contributed by atoms with E-state index in [1.165, 1.54) is 7.11 Å². The molecule has 0 atom stereocenters. The van der Waals surface area contributed by atoms with Gasteiger partial charge in [0.1, 0.15) is 5.75 Å². The fourth-order valence-corrected chi connectivity index (χ4v) is 2.53. The van der Waals surface area contributed by atoms with Gasteiger partial charge in [-0.15, -0.1) is 0 Å². The summed E-state index contributed by atoms with van der Waals surface area (Å²) in [6.07, 6.45) is 0.782. The van der Waals surface area contributed by atoms with Crippen LogP contribution in [0.2, 0.25) is 0 Å². The van der Waals surface area contributed by atoms with E-state index < -0.39 is 0 Å². The van der Waals surface area contributed by atoms with E-state index in [1.807, 2.05) is 31.2 Å². The summed E-state index contributed by atoms with van der Waals surface area (Å²) in [6.45, 7) is 3.17. The molecule has 30 heavy (non-hydrogen) atoms. The number of hydrogen-bond acceptors (Lipinski definition) is 5. The van der Waals surface area contributed by atoms with E-state index in [-0.39, 0.29) is 30.9 Å². The largest absolute Gasteiger partial charge is 0.494 e. The van der Waals surface area contributed by atoms with E-state index in [4.69, 9.17) is 4.74 Å². The van der Waals surface area contributed by atoms with Gasteiger partial charge in [0.2, 0.25) is 0 Å². The minimum Gasteiger partial charge on any atom is -0.494 e. The monoisotopic (exact) mass is 413 g/mol. The van der Waals surface area contributed by atoms with Crippen LogP contribution >= 0.6 is 0 Å². The van der Waals surface area contributed by atoms with Crippen molar-refractivity contribution in [1.29, 1.82) is 0 Å². The number of ether oxygens (including phenoxy) is 2. The van der Waals surface area contributed by atoms with Crippen LogP contribution in [0.4, 0.5) is 10.5 Å². The first-order valence-corrected chi connectivity index (χ1v) is 9.67. The van der Waals surface area contributed by atoms with Gasteiger partial charge in [-0.1, -0.05) is 12.1 Å². The van der Waals surface area contributed by atoms with Crippen molar-refractivity contribution in [3.8, 4) is 5.75 Å². The van der Waals surface area contributed by atoms with Gasteiger partial charge in [-0.25, -0.2) is 4.79 Å². The molecule has 8 nitrogen and oxygen atoms in total. The number of amides is 3. The average Bonchev–Trinajstić information content (AvgIpc) is 2.73. The van der Waals surface area contributed by atoms with Crippen molar-refractivity contribution in [2.45, 2.75) is 19.8 Å². The minimum absolute atomic E-state index is 0.109. The van der Waals surface area contributed by atoms with Gasteiger partial charge in [-0.3, -0.25) is 9.59 Å². The molecule has 2 aromatic rings. The lowest BCUT2D eigenvalue weighted by Gasteiger charge is -2.10. The quantitative estimate of drug-likeness (QED) is 0.410. The molecular formula is C22H27N3O5. The molecule has 3 N–H and O–H groups in total. The number of aryl methyl sites for hydroxylation is 1. The van der Waals surface area contributed by atoms with Gasteiger partial charge in [-0.2, -0.15) is 0 Å². The Bertz CT molecular complexity index is 852. The second-order valence-corrected chi connectivity index (χ2v) is 6.56. The highest BCUT2D eigenvalue weighted by Gasteiger charge is 2.07. The van der Waals surface area contributed by atoms with Gasteiger partial charge in [0, 0.05) is 24.3 Å². The van der Waals surface area contributed by atoms with Crippen LogP contribution in [0.25, 0.3) is 0 Å². The minimum atomic E-state index is -0.386. The Balaban J connectivity index is 1.65. The topological polar surface area (TPSA) is 106 Å². The third kappa shape index (κ3) is 8.22. The average molecular weight is 413 g/mol. The van der Waals surface area contributed by atoms with Gasteiger partial charge in [0.05, 0.1) is 20.1 Å². The van der Waals surface area contributed by atoms with Crippen LogP contribution in [0, 0.1) is 6.92 Å². The number of urea groups is 1. The number of benzene rings is 2. The molecule has 0 aliphatic rings. The summed E-state index contributed by atoms with van der Waals surface area (Å²) in [5.74, 6) is 0.125. The molecule has 0 aliphatic heterocycles. The Hall–Kier alpha value is -3.55. The van der Waals surface area contributed by atoms with Gasteiger partial charge in [0.25, 0.3) is 5.91 Å². The Labute approximate surface area is 175 Å². The van der Waals surface area contributed by atoms with Crippen molar-refractivity contribution in [2.24, 2.45) is 0 Å². The third-order valence-corrected chi connectivity index (χ3v) is 4.11. The summed E-state index contributed by atoms with van der Waals surface area (Å²) in [5.41, 5.74) is 2.13. The molecule has 0 spiro atoms. The molecule has 0 unspecified atom stereocenters. The van der Waals surface area contributed by atoms with Crippen LogP contribution in [-0.2, 0) is 9.53 Å². The van der Waals surface area contributed by atoms with E-state index in [1.54, 1.807) is 24.3 Å². The molecule has 2 rings (SSSR count). The summed E-state index contributed by atoms with van der Waals surface area (Å²) in [6, 6.07) is 13.9. The first-order chi connectivity index (χ1) is 14.5. The van der Waals surface area contributed by atoms with Gasteiger partial charge >= 0.3 is 12.0 Å². The van der Waals surface area contributed by atoms with E-state index in [0.717, 1.165) is 11.3 Å². The van der Waals surface area contributed by atoms with E-state index in [2.05, 4.69) is 20.7 Å². The molecule has 2 aromatic carbocycles. The van der Waals surface area contributed by atoms with E-state index in [9.17, 15) is 14.4 Å². The lowest BCUT2D eigenvalue weighted by atomic mass is 10.2. The SMILES string of the molecule is COC(=O)CCNC(=O)c1ccc(NC(=O)NCCCOc2cccc(C)c2)cc1. The normalized spacial score (nSPS) is 10.1. The predicted octanol–water partition coefficient (Wildman–Crippen LogP) is 2.88. The summed E-state index contributed by atoms with van der Waals surface area (Å²) >= 11 is 0. The molecule has 0 fully saturated rings. The van der Waals surface area contributed by atoms with Crippen LogP contribution in [0.3, 0.4) is 0 Å². The van der Waals surface area contributed by atoms with Gasteiger partial charge in [0.15, 0.2) is 0 Å². The predicted molar refractivity (Wildman–Crippen MR) is 114 cm³/mol. The fraction of sp³-hybridized carbons (Fsp3) is 0.318.